The van der Waals surface area contributed by atoms with Gasteiger partial charge in [0.05, 0.1) is 11.3 Å². The molecule has 0 aliphatic carbocycles. The minimum atomic E-state index is -1.01. The molecular weight excluding hydrogens is 221 g/mol. The number of carbonyl (C=O) groups is 1. The standard InChI is InChI=1S/C13H16FNO2/c14-11-6-5-10(13(16)17)9-12(11)15-7-3-1-2-4-8-15/h5-6,9H,1-4,7-8H2,(H,16,17). The molecule has 2 rings (SSSR count). The van der Waals surface area contributed by atoms with Gasteiger partial charge in [0.2, 0.25) is 0 Å². The van der Waals surface area contributed by atoms with Gasteiger partial charge in [-0.25, -0.2) is 9.18 Å². The van der Waals surface area contributed by atoms with Crippen molar-refractivity contribution in [1.82, 2.24) is 0 Å². The van der Waals surface area contributed by atoms with Crippen molar-refractivity contribution in [2.75, 3.05) is 18.0 Å². The smallest absolute Gasteiger partial charge is 0.335 e. The summed E-state index contributed by atoms with van der Waals surface area (Å²) in [5, 5.41) is 8.91. The Bertz CT molecular complexity index is 412. The number of carboxylic acid groups (broad SMARTS) is 1. The van der Waals surface area contributed by atoms with E-state index in [1.807, 2.05) is 4.90 Å². The third kappa shape index (κ3) is 2.75. The molecule has 0 atom stereocenters. The molecule has 1 aliphatic heterocycles. The first-order chi connectivity index (χ1) is 8.18. The minimum absolute atomic E-state index is 0.144. The second-order valence-corrected chi connectivity index (χ2v) is 4.37. The predicted octanol–water partition coefficient (Wildman–Crippen LogP) is 2.90. The number of hydrogen-bond acceptors (Lipinski definition) is 2. The van der Waals surface area contributed by atoms with Crippen LogP contribution in [0.1, 0.15) is 36.0 Å². The van der Waals surface area contributed by atoms with E-state index >= 15 is 0 Å². The summed E-state index contributed by atoms with van der Waals surface area (Å²) in [5.74, 6) is -1.35. The fourth-order valence-electron chi connectivity index (χ4n) is 2.20. The van der Waals surface area contributed by atoms with Gasteiger partial charge in [-0.1, -0.05) is 12.8 Å². The lowest BCUT2D eigenvalue weighted by molar-refractivity contribution is 0.0697. The first kappa shape index (κ1) is 11.9. The summed E-state index contributed by atoms with van der Waals surface area (Å²) < 4.78 is 13.7. The van der Waals surface area contributed by atoms with Crippen LogP contribution in [0.5, 0.6) is 0 Å². The quantitative estimate of drug-likeness (QED) is 0.859. The van der Waals surface area contributed by atoms with Crippen LogP contribution in [0.4, 0.5) is 10.1 Å². The molecule has 1 heterocycles. The lowest BCUT2D eigenvalue weighted by Gasteiger charge is -2.23. The number of carboxylic acids is 1. The second-order valence-electron chi connectivity index (χ2n) is 4.37. The fourth-order valence-corrected chi connectivity index (χ4v) is 2.20. The highest BCUT2D eigenvalue weighted by Gasteiger charge is 2.15. The van der Waals surface area contributed by atoms with Crippen LogP contribution in [-0.4, -0.2) is 24.2 Å². The van der Waals surface area contributed by atoms with Gasteiger partial charge in [-0.2, -0.15) is 0 Å². The maximum absolute atomic E-state index is 13.7. The molecule has 1 aromatic carbocycles. The molecule has 1 N–H and O–H groups in total. The van der Waals surface area contributed by atoms with Gasteiger partial charge in [0.25, 0.3) is 0 Å². The van der Waals surface area contributed by atoms with Crippen LogP contribution in [0.3, 0.4) is 0 Å². The summed E-state index contributed by atoms with van der Waals surface area (Å²) in [4.78, 5) is 12.8. The van der Waals surface area contributed by atoms with Gasteiger partial charge in [-0.15, -0.1) is 0 Å². The predicted molar refractivity (Wildman–Crippen MR) is 64.0 cm³/mol. The van der Waals surface area contributed by atoms with Crippen LogP contribution in [0.25, 0.3) is 0 Å². The van der Waals surface area contributed by atoms with E-state index in [0.717, 1.165) is 38.8 Å². The topological polar surface area (TPSA) is 40.5 Å². The Morgan fingerprint density at radius 2 is 1.82 bits per heavy atom. The number of benzene rings is 1. The molecule has 0 amide bonds. The van der Waals surface area contributed by atoms with Crippen LogP contribution in [-0.2, 0) is 0 Å². The number of aromatic carboxylic acids is 1. The van der Waals surface area contributed by atoms with E-state index in [4.69, 9.17) is 5.11 Å². The molecule has 0 aromatic heterocycles. The minimum Gasteiger partial charge on any atom is -0.478 e. The molecule has 1 fully saturated rings. The van der Waals surface area contributed by atoms with Gasteiger partial charge < -0.3 is 10.0 Å². The van der Waals surface area contributed by atoms with E-state index in [9.17, 15) is 9.18 Å². The summed E-state index contributed by atoms with van der Waals surface area (Å²) in [6, 6.07) is 3.98. The SMILES string of the molecule is O=C(O)c1ccc(F)c(N2CCCCCC2)c1. The zero-order chi connectivity index (χ0) is 12.3. The van der Waals surface area contributed by atoms with E-state index in [1.54, 1.807) is 0 Å². The summed E-state index contributed by atoms with van der Waals surface area (Å²) >= 11 is 0. The van der Waals surface area contributed by atoms with Crippen molar-refractivity contribution in [1.29, 1.82) is 0 Å². The first-order valence-electron chi connectivity index (χ1n) is 5.96. The van der Waals surface area contributed by atoms with Crippen molar-refractivity contribution in [3.63, 3.8) is 0 Å². The number of anilines is 1. The number of halogens is 1. The number of nitrogens with zero attached hydrogens (tertiary/aromatic N) is 1. The molecule has 1 saturated heterocycles. The third-order valence-corrected chi connectivity index (χ3v) is 3.14. The Balaban J connectivity index is 2.28. The van der Waals surface area contributed by atoms with Gasteiger partial charge in [-0.3, -0.25) is 0 Å². The molecule has 1 aliphatic rings. The summed E-state index contributed by atoms with van der Waals surface area (Å²) in [7, 11) is 0. The van der Waals surface area contributed by atoms with Gasteiger partial charge >= 0.3 is 5.97 Å². The van der Waals surface area contributed by atoms with Crippen LogP contribution in [0, 0.1) is 5.82 Å². The van der Waals surface area contributed by atoms with Crippen molar-refractivity contribution in [2.24, 2.45) is 0 Å². The van der Waals surface area contributed by atoms with Gasteiger partial charge in [0.1, 0.15) is 5.82 Å². The summed E-state index contributed by atoms with van der Waals surface area (Å²) in [6.45, 7) is 1.61. The molecule has 3 nitrogen and oxygen atoms in total. The van der Waals surface area contributed by atoms with Gasteiger partial charge in [0, 0.05) is 13.1 Å². The Hall–Kier alpha value is -1.58. The molecular formula is C13H16FNO2. The van der Waals surface area contributed by atoms with E-state index in [-0.39, 0.29) is 11.4 Å². The van der Waals surface area contributed by atoms with Crippen LogP contribution in [0.2, 0.25) is 0 Å². The van der Waals surface area contributed by atoms with E-state index in [1.165, 1.54) is 18.2 Å². The molecule has 0 spiro atoms. The van der Waals surface area contributed by atoms with E-state index in [0.29, 0.717) is 5.69 Å². The van der Waals surface area contributed by atoms with Crippen molar-refractivity contribution >= 4 is 11.7 Å². The largest absolute Gasteiger partial charge is 0.478 e. The molecule has 1 aromatic rings. The highest BCUT2D eigenvalue weighted by atomic mass is 19.1. The Morgan fingerprint density at radius 3 is 2.41 bits per heavy atom. The molecule has 4 heteroatoms. The number of rotatable bonds is 2. The van der Waals surface area contributed by atoms with Crippen LogP contribution >= 0.6 is 0 Å². The van der Waals surface area contributed by atoms with Crippen molar-refractivity contribution < 1.29 is 14.3 Å². The number of hydrogen-bond donors (Lipinski definition) is 1. The summed E-state index contributed by atoms with van der Waals surface area (Å²) in [5.41, 5.74) is 0.567. The average Bonchev–Trinajstić information content (AvgIpc) is 2.58. The van der Waals surface area contributed by atoms with Crippen molar-refractivity contribution in [3.05, 3.63) is 29.6 Å². The van der Waals surface area contributed by atoms with Gasteiger partial charge in [-0.05, 0) is 31.0 Å². The molecule has 0 radical (unpaired) electrons. The zero-order valence-corrected chi connectivity index (χ0v) is 9.66. The van der Waals surface area contributed by atoms with E-state index in [2.05, 4.69) is 0 Å². The van der Waals surface area contributed by atoms with Gasteiger partial charge in [0.15, 0.2) is 0 Å². The van der Waals surface area contributed by atoms with Crippen LogP contribution < -0.4 is 4.90 Å². The third-order valence-electron chi connectivity index (χ3n) is 3.14. The zero-order valence-electron chi connectivity index (χ0n) is 9.66. The molecule has 0 saturated carbocycles. The van der Waals surface area contributed by atoms with Crippen molar-refractivity contribution in [3.8, 4) is 0 Å². The van der Waals surface area contributed by atoms with Crippen molar-refractivity contribution in [2.45, 2.75) is 25.7 Å². The molecule has 92 valence electrons. The lowest BCUT2D eigenvalue weighted by atomic mass is 10.1. The molecule has 17 heavy (non-hydrogen) atoms. The normalized spacial score (nSPS) is 16.6. The monoisotopic (exact) mass is 237 g/mol. The average molecular weight is 237 g/mol. The highest BCUT2D eigenvalue weighted by Crippen LogP contribution is 2.24. The molecule has 0 unspecified atom stereocenters. The molecule has 0 bridgehead atoms. The lowest BCUT2D eigenvalue weighted by Crippen LogP contribution is -2.25. The Labute approximate surface area is 99.9 Å². The second kappa shape index (κ2) is 5.17. The first-order valence-corrected chi connectivity index (χ1v) is 5.96. The Kier molecular flexibility index (Phi) is 3.61. The van der Waals surface area contributed by atoms with E-state index < -0.39 is 5.97 Å². The highest BCUT2D eigenvalue weighted by molar-refractivity contribution is 5.88. The van der Waals surface area contributed by atoms with Crippen LogP contribution in [0.15, 0.2) is 18.2 Å². The fraction of sp³-hybridized carbons (Fsp3) is 0.462. The maximum atomic E-state index is 13.7. The maximum Gasteiger partial charge on any atom is 0.335 e. The Morgan fingerprint density at radius 1 is 1.18 bits per heavy atom. The summed E-state index contributed by atoms with van der Waals surface area (Å²) in [6.07, 6.45) is 4.40.